The van der Waals surface area contributed by atoms with Gasteiger partial charge in [0, 0.05) is 23.0 Å². The number of fused-ring (bicyclic) bond motifs is 1. The molecule has 0 fully saturated rings. The van der Waals surface area contributed by atoms with Crippen LogP contribution in [0.1, 0.15) is 6.92 Å². The van der Waals surface area contributed by atoms with E-state index in [1.807, 2.05) is 13.1 Å². The Hall–Kier alpha value is -1.55. The molecule has 0 spiro atoms. The fourth-order valence-electron chi connectivity index (χ4n) is 2.23. The smallest absolute Gasteiger partial charge is 0.180 e. The maximum atomic E-state index is 12.3. The van der Waals surface area contributed by atoms with E-state index in [9.17, 15) is 8.42 Å². The van der Waals surface area contributed by atoms with Gasteiger partial charge in [-0.2, -0.15) is 0 Å². The summed E-state index contributed by atoms with van der Waals surface area (Å²) in [5.41, 5.74) is 1.77. The van der Waals surface area contributed by atoms with Crippen molar-refractivity contribution in [1.29, 1.82) is 0 Å². The van der Waals surface area contributed by atoms with Gasteiger partial charge in [-0.25, -0.2) is 18.4 Å². The molecule has 114 valence electrons. The molecule has 0 atom stereocenters. The van der Waals surface area contributed by atoms with Crippen LogP contribution in [-0.4, -0.2) is 33.7 Å². The highest BCUT2D eigenvalue weighted by molar-refractivity contribution is 14.1. The van der Waals surface area contributed by atoms with Gasteiger partial charge in [0.05, 0.1) is 10.6 Å². The second-order valence-corrected chi connectivity index (χ2v) is 8.24. The summed E-state index contributed by atoms with van der Waals surface area (Å²) in [4.78, 5) is 13.3. The Kier molecular flexibility index (Phi) is 3.89. The summed E-state index contributed by atoms with van der Waals surface area (Å²) in [7, 11) is -1.57. The quantitative estimate of drug-likeness (QED) is 0.599. The fourth-order valence-corrected chi connectivity index (χ4v) is 3.70. The molecule has 8 heteroatoms. The molecule has 0 saturated heterocycles. The Bertz CT molecular complexity index is 966. The lowest BCUT2D eigenvalue weighted by atomic mass is 10.3. The van der Waals surface area contributed by atoms with Crippen molar-refractivity contribution < 1.29 is 8.42 Å². The third-order valence-electron chi connectivity index (χ3n) is 3.37. The van der Waals surface area contributed by atoms with E-state index in [0.29, 0.717) is 17.2 Å². The molecule has 0 aliphatic rings. The number of sulfone groups is 1. The van der Waals surface area contributed by atoms with Crippen molar-refractivity contribution >= 4 is 43.6 Å². The van der Waals surface area contributed by atoms with Crippen LogP contribution >= 0.6 is 22.6 Å². The van der Waals surface area contributed by atoms with Gasteiger partial charge in [0.1, 0.15) is 11.2 Å². The summed E-state index contributed by atoms with van der Waals surface area (Å²) < 4.78 is 27.3. The molecule has 22 heavy (non-hydrogen) atoms. The first kappa shape index (κ1) is 15.3. The van der Waals surface area contributed by atoms with Crippen LogP contribution in [0.3, 0.4) is 0 Å². The van der Waals surface area contributed by atoms with Crippen molar-refractivity contribution in [3.8, 4) is 11.5 Å². The molecule has 0 aliphatic heterocycles. The Morgan fingerprint density at radius 3 is 2.82 bits per heavy atom. The van der Waals surface area contributed by atoms with Crippen molar-refractivity contribution in [2.24, 2.45) is 7.05 Å². The molecule has 0 unspecified atom stereocenters. The lowest BCUT2D eigenvalue weighted by molar-refractivity contribution is 0.597. The number of halogens is 1. The van der Waals surface area contributed by atoms with Crippen LogP contribution in [0.15, 0.2) is 35.5 Å². The molecule has 3 aromatic rings. The summed E-state index contributed by atoms with van der Waals surface area (Å²) in [5.74, 6) is 0.517. The number of imidazole rings is 1. The minimum atomic E-state index is -3.38. The third-order valence-corrected chi connectivity index (χ3v) is 5.72. The van der Waals surface area contributed by atoms with Gasteiger partial charge in [-0.1, -0.05) is 6.92 Å². The van der Waals surface area contributed by atoms with E-state index in [4.69, 9.17) is 0 Å². The van der Waals surface area contributed by atoms with Crippen molar-refractivity contribution in [2.75, 3.05) is 5.75 Å². The average molecular weight is 428 g/mol. The predicted octanol–water partition coefficient (Wildman–Crippen LogP) is 2.43. The molecule has 0 amide bonds. The number of aromatic nitrogens is 4. The van der Waals surface area contributed by atoms with Gasteiger partial charge < -0.3 is 4.57 Å². The fraction of sp³-hybridized carbons (Fsp3) is 0.214. The number of aryl methyl sites for hydroxylation is 1. The minimum Gasteiger partial charge on any atom is -0.310 e. The topological polar surface area (TPSA) is 77.7 Å². The van der Waals surface area contributed by atoms with Gasteiger partial charge in [-0.3, -0.25) is 4.98 Å². The van der Waals surface area contributed by atoms with Crippen molar-refractivity contribution in [2.45, 2.75) is 11.8 Å². The zero-order valence-electron chi connectivity index (χ0n) is 12.0. The van der Waals surface area contributed by atoms with Crippen molar-refractivity contribution in [3.63, 3.8) is 0 Å². The van der Waals surface area contributed by atoms with E-state index in [1.54, 1.807) is 36.0 Å². The summed E-state index contributed by atoms with van der Waals surface area (Å²) in [5, 5.41) is 0. The lowest BCUT2D eigenvalue weighted by Crippen LogP contribution is -2.08. The van der Waals surface area contributed by atoms with Crippen molar-refractivity contribution in [1.82, 2.24) is 19.5 Å². The molecule has 0 aromatic carbocycles. The number of pyridine rings is 2. The molecule has 0 saturated carbocycles. The first-order valence-corrected chi connectivity index (χ1v) is 9.33. The standard InChI is InChI=1S/C14H13IN4O2S/c1-3-22(20,21)11-5-4-6-16-12(11)14-18-10-7-9(15)8-17-13(10)19(14)2/h4-8H,3H2,1-2H3. The van der Waals surface area contributed by atoms with Crippen molar-refractivity contribution in [3.05, 3.63) is 34.2 Å². The highest BCUT2D eigenvalue weighted by Gasteiger charge is 2.22. The number of hydrogen-bond acceptors (Lipinski definition) is 5. The maximum absolute atomic E-state index is 12.3. The third kappa shape index (κ3) is 2.50. The summed E-state index contributed by atoms with van der Waals surface area (Å²) >= 11 is 2.17. The molecular formula is C14H13IN4O2S. The van der Waals surface area contributed by atoms with Gasteiger partial charge >= 0.3 is 0 Å². The summed E-state index contributed by atoms with van der Waals surface area (Å²) in [6.07, 6.45) is 3.32. The average Bonchev–Trinajstić information content (AvgIpc) is 2.83. The molecule has 6 nitrogen and oxygen atoms in total. The van der Waals surface area contributed by atoms with Crippen LogP contribution in [0.4, 0.5) is 0 Å². The van der Waals surface area contributed by atoms with Crippen LogP contribution in [0.25, 0.3) is 22.7 Å². The van der Waals surface area contributed by atoms with Crippen LogP contribution in [0.2, 0.25) is 0 Å². The van der Waals surface area contributed by atoms with E-state index in [-0.39, 0.29) is 10.6 Å². The second kappa shape index (κ2) is 5.58. The SMILES string of the molecule is CCS(=O)(=O)c1cccnc1-c1nc2cc(I)cnc2n1C. The van der Waals surface area contributed by atoms with E-state index in [1.165, 1.54) is 0 Å². The highest BCUT2D eigenvalue weighted by atomic mass is 127. The van der Waals surface area contributed by atoms with Gasteiger partial charge in [-0.15, -0.1) is 0 Å². The molecule has 3 rings (SSSR count). The highest BCUT2D eigenvalue weighted by Crippen LogP contribution is 2.27. The van der Waals surface area contributed by atoms with Crippen LogP contribution in [-0.2, 0) is 16.9 Å². The number of hydrogen-bond donors (Lipinski definition) is 0. The molecule has 0 radical (unpaired) electrons. The molecule has 3 aromatic heterocycles. The predicted molar refractivity (Wildman–Crippen MR) is 92.2 cm³/mol. The normalized spacial score (nSPS) is 12.0. The van der Waals surface area contributed by atoms with E-state index >= 15 is 0 Å². The Morgan fingerprint density at radius 2 is 2.09 bits per heavy atom. The minimum absolute atomic E-state index is 0.0196. The van der Waals surface area contributed by atoms with Gasteiger partial charge in [0.25, 0.3) is 0 Å². The Morgan fingerprint density at radius 1 is 1.32 bits per heavy atom. The zero-order valence-corrected chi connectivity index (χ0v) is 15.0. The monoisotopic (exact) mass is 428 g/mol. The van der Waals surface area contributed by atoms with E-state index in [0.717, 1.165) is 9.09 Å². The molecule has 0 bridgehead atoms. The first-order valence-electron chi connectivity index (χ1n) is 6.60. The van der Waals surface area contributed by atoms with Gasteiger partial charge in [0.2, 0.25) is 0 Å². The summed E-state index contributed by atoms with van der Waals surface area (Å²) in [6, 6.07) is 5.09. The Balaban J connectivity index is 2.31. The zero-order chi connectivity index (χ0) is 15.9. The van der Waals surface area contributed by atoms with Crippen LogP contribution in [0, 0.1) is 3.57 Å². The number of rotatable bonds is 3. The second-order valence-electron chi connectivity index (χ2n) is 4.74. The van der Waals surface area contributed by atoms with E-state index < -0.39 is 9.84 Å². The lowest BCUT2D eigenvalue weighted by Gasteiger charge is -2.07. The van der Waals surface area contributed by atoms with E-state index in [2.05, 4.69) is 37.5 Å². The molecule has 0 N–H and O–H groups in total. The maximum Gasteiger partial charge on any atom is 0.180 e. The molecule has 0 aliphatic carbocycles. The largest absolute Gasteiger partial charge is 0.310 e. The van der Waals surface area contributed by atoms with Gasteiger partial charge in [0.15, 0.2) is 21.3 Å². The first-order chi connectivity index (χ1) is 10.4. The van der Waals surface area contributed by atoms with Gasteiger partial charge in [-0.05, 0) is 40.8 Å². The molecule has 3 heterocycles. The van der Waals surface area contributed by atoms with Crippen LogP contribution < -0.4 is 0 Å². The number of nitrogens with zero attached hydrogens (tertiary/aromatic N) is 4. The summed E-state index contributed by atoms with van der Waals surface area (Å²) in [6.45, 7) is 1.62. The van der Waals surface area contributed by atoms with Crippen LogP contribution in [0.5, 0.6) is 0 Å². The Labute approximate surface area is 141 Å². The molecular weight excluding hydrogens is 415 g/mol.